The molecule has 8 heteroatoms. The van der Waals surface area contributed by atoms with E-state index in [-0.39, 0.29) is 18.2 Å². The smallest absolute Gasteiger partial charge is 0.409 e. The largest absolute Gasteiger partial charge is 0.468 e. The number of nitrogens with one attached hydrogen (secondary N) is 2. The highest BCUT2D eigenvalue weighted by Gasteiger charge is 2.25. The van der Waals surface area contributed by atoms with E-state index in [2.05, 4.69) is 36.3 Å². The van der Waals surface area contributed by atoms with Crippen LogP contribution in [0.3, 0.4) is 0 Å². The van der Waals surface area contributed by atoms with Gasteiger partial charge in [-0.05, 0) is 51.9 Å². The van der Waals surface area contributed by atoms with Crippen molar-refractivity contribution in [3.8, 4) is 0 Å². The van der Waals surface area contributed by atoms with Crippen molar-refractivity contribution >= 4 is 12.1 Å². The van der Waals surface area contributed by atoms with Crippen LogP contribution in [0.5, 0.6) is 0 Å². The summed E-state index contributed by atoms with van der Waals surface area (Å²) in [6.45, 7) is 13.3. The van der Waals surface area contributed by atoms with Gasteiger partial charge in [-0.1, -0.05) is 13.8 Å². The van der Waals surface area contributed by atoms with Crippen molar-refractivity contribution < 1.29 is 13.9 Å². The van der Waals surface area contributed by atoms with Gasteiger partial charge in [-0.2, -0.15) is 0 Å². The summed E-state index contributed by atoms with van der Waals surface area (Å²) in [5.74, 6) is 1.75. The number of likely N-dealkylation sites (tertiary alicyclic amines) is 1. The Morgan fingerprint density at radius 2 is 2.03 bits per heavy atom. The molecule has 0 saturated carbocycles. The first-order chi connectivity index (χ1) is 14.1. The number of likely N-dealkylation sites (N-methyl/N-ethyl adjacent to an activating group) is 1. The minimum Gasteiger partial charge on any atom is -0.468 e. The molecule has 164 valence electrons. The maximum atomic E-state index is 11.9. The first-order valence-electron chi connectivity index (χ1n) is 10.9. The summed E-state index contributed by atoms with van der Waals surface area (Å²) in [6.07, 6.45) is 3.25. The highest BCUT2D eigenvalue weighted by atomic mass is 16.6. The van der Waals surface area contributed by atoms with Crippen molar-refractivity contribution in [2.45, 2.75) is 52.6 Å². The van der Waals surface area contributed by atoms with E-state index in [0.29, 0.717) is 26.2 Å². The molecule has 1 aromatic rings. The van der Waals surface area contributed by atoms with Crippen LogP contribution in [0.4, 0.5) is 4.79 Å². The SMILES string of the molecule is CCNC(=NCC(c1ccco1)N(CC)CC)NC1CCN(C(=O)OCC)CC1. The van der Waals surface area contributed by atoms with Crippen molar-refractivity contribution in [2.24, 2.45) is 4.99 Å². The number of ether oxygens (including phenoxy) is 1. The number of carbonyl (C=O) groups is 1. The zero-order chi connectivity index (χ0) is 21.1. The summed E-state index contributed by atoms with van der Waals surface area (Å²) < 4.78 is 10.8. The molecule has 1 atom stereocenters. The molecular weight excluding hydrogens is 370 g/mol. The van der Waals surface area contributed by atoms with Gasteiger partial charge in [0.25, 0.3) is 0 Å². The Labute approximate surface area is 174 Å². The second-order valence-electron chi connectivity index (χ2n) is 7.08. The van der Waals surface area contributed by atoms with Crippen LogP contribution in [-0.4, -0.2) is 73.8 Å². The number of amides is 1. The predicted octanol–water partition coefficient (Wildman–Crippen LogP) is 2.84. The average molecular weight is 408 g/mol. The van der Waals surface area contributed by atoms with Gasteiger partial charge in [-0.15, -0.1) is 0 Å². The maximum Gasteiger partial charge on any atom is 0.409 e. The van der Waals surface area contributed by atoms with Crippen LogP contribution in [0.25, 0.3) is 0 Å². The molecule has 2 N–H and O–H groups in total. The number of hydrogen-bond acceptors (Lipinski definition) is 5. The van der Waals surface area contributed by atoms with Gasteiger partial charge in [-0.3, -0.25) is 9.89 Å². The van der Waals surface area contributed by atoms with E-state index in [9.17, 15) is 4.79 Å². The Bertz CT molecular complexity index is 608. The molecule has 1 amide bonds. The van der Waals surface area contributed by atoms with Crippen LogP contribution in [0.1, 0.15) is 52.3 Å². The van der Waals surface area contributed by atoms with Crippen LogP contribution in [0, 0.1) is 0 Å². The number of furan rings is 1. The van der Waals surface area contributed by atoms with Crippen molar-refractivity contribution in [3.63, 3.8) is 0 Å². The van der Waals surface area contributed by atoms with Gasteiger partial charge in [0.2, 0.25) is 0 Å². The van der Waals surface area contributed by atoms with Crippen molar-refractivity contribution in [1.29, 1.82) is 0 Å². The number of nitrogens with zero attached hydrogens (tertiary/aromatic N) is 3. The van der Waals surface area contributed by atoms with Gasteiger partial charge in [-0.25, -0.2) is 4.79 Å². The average Bonchev–Trinajstić information content (AvgIpc) is 3.26. The molecule has 0 radical (unpaired) electrons. The second-order valence-corrected chi connectivity index (χ2v) is 7.08. The quantitative estimate of drug-likeness (QED) is 0.484. The number of piperidine rings is 1. The third-order valence-corrected chi connectivity index (χ3v) is 5.25. The third kappa shape index (κ3) is 6.96. The van der Waals surface area contributed by atoms with Crippen LogP contribution < -0.4 is 10.6 Å². The van der Waals surface area contributed by atoms with E-state index in [4.69, 9.17) is 14.1 Å². The second kappa shape index (κ2) is 12.4. The van der Waals surface area contributed by atoms with E-state index < -0.39 is 0 Å². The summed E-state index contributed by atoms with van der Waals surface area (Å²) in [7, 11) is 0. The van der Waals surface area contributed by atoms with Gasteiger partial charge in [0.1, 0.15) is 5.76 Å². The fraction of sp³-hybridized carbons (Fsp3) is 0.714. The lowest BCUT2D eigenvalue weighted by atomic mass is 10.1. The molecule has 1 aliphatic heterocycles. The zero-order valence-corrected chi connectivity index (χ0v) is 18.3. The summed E-state index contributed by atoms with van der Waals surface area (Å²) in [4.78, 5) is 20.9. The lowest BCUT2D eigenvalue weighted by Gasteiger charge is -2.32. The number of aliphatic imine (C=N–C) groups is 1. The molecule has 1 aromatic heterocycles. The molecule has 2 rings (SSSR count). The zero-order valence-electron chi connectivity index (χ0n) is 18.3. The van der Waals surface area contributed by atoms with Crippen LogP contribution in [0.15, 0.2) is 27.8 Å². The molecule has 0 bridgehead atoms. The fourth-order valence-electron chi connectivity index (χ4n) is 3.64. The first-order valence-corrected chi connectivity index (χ1v) is 10.9. The third-order valence-electron chi connectivity index (χ3n) is 5.25. The van der Waals surface area contributed by atoms with E-state index in [0.717, 1.165) is 44.2 Å². The summed E-state index contributed by atoms with van der Waals surface area (Å²) in [5, 5.41) is 6.88. The number of rotatable bonds is 9. The van der Waals surface area contributed by atoms with Crippen molar-refractivity contribution in [2.75, 3.05) is 45.9 Å². The highest BCUT2D eigenvalue weighted by Crippen LogP contribution is 2.21. The molecule has 0 aromatic carbocycles. The lowest BCUT2D eigenvalue weighted by Crippen LogP contribution is -2.50. The molecule has 8 nitrogen and oxygen atoms in total. The summed E-state index contributed by atoms with van der Waals surface area (Å²) >= 11 is 0. The standard InChI is InChI=1S/C21H37N5O3/c1-5-22-20(24-17-11-13-26(14-12-17)21(27)28-8-4)23-16-18(25(6-2)7-3)19-10-9-15-29-19/h9-10,15,17-18H,5-8,11-14,16H2,1-4H3,(H2,22,23,24). The lowest BCUT2D eigenvalue weighted by molar-refractivity contribution is 0.0963. The monoisotopic (exact) mass is 407 g/mol. The Kier molecular flexibility index (Phi) is 9.83. The van der Waals surface area contributed by atoms with Crippen molar-refractivity contribution in [3.05, 3.63) is 24.2 Å². The van der Waals surface area contributed by atoms with Gasteiger partial charge < -0.3 is 24.7 Å². The molecule has 1 fully saturated rings. The number of guanidine groups is 1. The number of carbonyl (C=O) groups excluding carboxylic acids is 1. The maximum absolute atomic E-state index is 11.9. The summed E-state index contributed by atoms with van der Waals surface area (Å²) in [5.41, 5.74) is 0. The van der Waals surface area contributed by atoms with E-state index in [1.54, 1.807) is 11.2 Å². The van der Waals surface area contributed by atoms with Crippen molar-refractivity contribution in [1.82, 2.24) is 20.4 Å². The Balaban J connectivity index is 1.97. The van der Waals surface area contributed by atoms with Gasteiger partial charge in [0.15, 0.2) is 5.96 Å². The Morgan fingerprint density at radius 3 is 2.59 bits per heavy atom. The Morgan fingerprint density at radius 1 is 1.31 bits per heavy atom. The highest BCUT2D eigenvalue weighted by molar-refractivity contribution is 5.80. The molecule has 1 aliphatic rings. The normalized spacial score (nSPS) is 16.7. The Hall–Kier alpha value is -2.22. The van der Waals surface area contributed by atoms with E-state index in [1.807, 2.05) is 19.1 Å². The molecule has 1 unspecified atom stereocenters. The predicted molar refractivity (Wildman–Crippen MR) is 115 cm³/mol. The van der Waals surface area contributed by atoms with Gasteiger partial charge in [0.05, 0.1) is 25.5 Å². The fourth-order valence-corrected chi connectivity index (χ4v) is 3.64. The van der Waals surface area contributed by atoms with E-state index in [1.165, 1.54) is 0 Å². The molecule has 2 heterocycles. The van der Waals surface area contributed by atoms with Gasteiger partial charge in [0, 0.05) is 25.7 Å². The molecule has 0 spiro atoms. The van der Waals surface area contributed by atoms with Crippen LogP contribution in [0.2, 0.25) is 0 Å². The summed E-state index contributed by atoms with van der Waals surface area (Å²) in [6, 6.07) is 4.34. The van der Waals surface area contributed by atoms with E-state index >= 15 is 0 Å². The minimum absolute atomic E-state index is 0.112. The molecule has 29 heavy (non-hydrogen) atoms. The molecular formula is C21H37N5O3. The first kappa shape index (κ1) is 23.1. The van der Waals surface area contributed by atoms with Gasteiger partial charge >= 0.3 is 6.09 Å². The molecule has 1 saturated heterocycles. The molecule has 0 aliphatic carbocycles. The van der Waals surface area contributed by atoms with Crippen LogP contribution in [-0.2, 0) is 4.74 Å². The topological polar surface area (TPSA) is 82.3 Å². The minimum atomic E-state index is -0.216. The number of hydrogen-bond donors (Lipinski definition) is 2. The van der Waals surface area contributed by atoms with Crippen LogP contribution >= 0.6 is 0 Å².